The molecule has 3 aromatic heterocycles. The quantitative estimate of drug-likeness (QED) is 0.174. The maximum Gasteiger partial charge on any atom is 0.167 e. The number of hydrogen-bond donors (Lipinski definition) is 0. The Morgan fingerprint density at radius 3 is 1.81 bits per heavy atom. The molecule has 0 N–H and O–H groups in total. The molecule has 0 saturated carbocycles. The average molecular weight is 791 g/mol. The van der Waals surface area contributed by atoms with Gasteiger partial charge >= 0.3 is 0 Å². The number of benzene rings is 10. The summed E-state index contributed by atoms with van der Waals surface area (Å²) in [5.74, 6) is 1.75. The topological polar surface area (TPSA) is 56.7 Å². The fourth-order valence-corrected chi connectivity index (χ4v) is 9.53. The Kier molecular flexibility index (Phi) is 7.54. The van der Waals surface area contributed by atoms with Crippen LogP contribution in [0.2, 0.25) is 0 Å². The molecule has 0 fully saturated rings. The van der Waals surface area contributed by atoms with Gasteiger partial charge in [0.2, 0.25) is 0 Å². The number of hydrogen-bond acceptors (Lipinski definition) is 4. The lowest BCUT2D eigenvalue weighted by atomic mass is 10.0. The molecule has 0 saturated heterocycles. The lowest BCUT2D eigenvalue weighted by Gasteiger charge is -2.14. The van der Waals surface area contributed by atoms with E-state index in [0.29, 0.717) is 17.5 Å². The van der Waals surface area contributed by atoms with E-state index in [0.717, 1.165) is 66.2 Å². The normalized spacial score (nSPS) is 11.9. The zero-order chi connectivity index (χ0) is 40.7. The molecule has 62 heavy (non-hydrogen) atoms. The molecule has 5 heteroatoms. The van der Waals surface area contributed by atoms with Crippen molar-refractivity contribution in [3.8, 4) is 51.0 Å². The van der Waals surface area contributed by atoms with Gasteiger partial charge < -0.3 is 8.98 Å². The molecule has 0 aliphatic heterocycles. The van der Waals surface area contributed by atoms with E-state index in [-0.39, 0.29) is 0 Å². The first-order valence-electron chi connectivity index (χ1n) is 20.9. The van der Waals surface area contributed by atoms with Gasteiger partial charge in [-0.15, -0.1) is 0 Å². The molecular formula is C57H34N4O. The number of nitrogens with zero attached hydrogens (tertiary/aromatic N) is 4. The first kappa shape index (κ1) is 34.5. The highest BCUT2D eigenvalue weighted by atomic mass is 16.3. The molecule has 288 valence electrons. The summed E-state index contributed by atoms with van der Waals surface area (Å²) in [6.45, 7) is 0. The van der Waals surface area contributed by atoms with Crippen LogP contribution < -0.4 is 0 Å². The van der Waals surface area contributed by atoms with E-state index in [4.69, 9.17) is 19.4 Å². The van der Waals surface area contributed by atoms with E-state index in [1.807, 2.05) is 36.4 Å². The van der Waals surface area contributed by atoms with Crippen molar-refractivity contribution < 1.29 is 4.42 Å². The van der Waals surface area contributed by atoms with Gasteiger partial charge in [-0.2, -0.15) is 0 Å². The third-order valence-electron chi connectivity index (χ3n) is 12.4. The van der Waals surface area contributed by atoms with Crippen LogP contribution in [0.4, 0.5) is 0 Å². The van der Waals surface area contributed by atoms with E-state index in [1.54, 1.807) is 0 Å². The van der Waals surface area contributed by atoms with Crippen LogP contribution in [-0.2, 0) is 0 Å². The lowest BCUT2D eigenvalue weighted by Crippen LogP contribution is -2.00. The van der Waals surface area contributed by atoms with Crippen LogP contribution in [0.3, 0.4) is 0 Å². The first-order chi connectivity index (χ1) is 30.7. The van der Waals surface area contributed by atoms with Gasteiger partial charge in [0.25, 0.3) is 0 Å². The maximum absolute atomic E-state index is 6.88. The second-order valence-electron chi connectivity index (χ2n) is 15.9. The molecule has 0 atom stereocenters. The van der Waals surface area contributed by atoms with Crippen molar-refractivity contribution in [1.82, 2.24) is 19.5 Å². The number of para-hydroxylation sites is 1. The number of furan rings is 1. The minimum absolute atomic E-state index is 0.554. The Hall–Kier alpha value is -8.41. The average Bonchev–Trinajstić information content (AvgIpc) is 3.89. The minimum Gasteiger partial charge on any atom is -0.455 e. The van der Waals surface area contributed by atoms with Crippen LogP contribution in [0.25, 0.3) is 127 Å². The molecule has 0 unspecified atom stereocenters. The van der Waals surface area contributed by atoms with Crippen LogP contribution in [0.1, 0.15) is 0 Å². The molecule has 0 spiro atoms. The zero-order valence-corrected chi connectivity index (χ0v) is 33.3. The van der Waals surface area contributed by atoms with Gasteiger partial charge in [0.1, 0.15) is 11.2 Å². The molecule has 0 amide bonds. The van der Waals surface area contributed by atoms with Crippen molar-refractivity contribution in [2.45, 2.75) is 0 Å². The molecule has 0 aliphatic rings. The van der Waals surface area contributed by atoms with Crippen LogP contribution in [0, 0.1) is 0 Å². The first-order valence-corrected chi connectivity index (χ1v) is 20.9. The van der Waals surface area contributed by atoms with Crippen LogP contribution in [-0.4, -0.2) is 19.5 Å². The molecule has 3 heterocycles. The predicted molar refractivity (Wildman–Crippen MR) is 256 cm³/mol. The second kappa shape index (κ2) is 13.6. The van der Waals surface area contributed by atoms with Crippen molar-refractivity contribution in [1.29, 1.82) is 0 Å². The standard InChI is InChI=1S/C57H34N4O/c1-3-14-35(15-4-1)38-21-11-22-41(32-38)56-58-55(37-17-5-2-6-18-37)59-57(60-56)47-26-12-25-46-52-44-24-13-27-49(43(44)30-31-51(52)62-54(46)47)61-50-34-40-20-8-7-19-39(40)33-48(50)45-29-28-36-16-9-10-23-42(36)53(45)61/h1-34H. The Morgan fingerprint density at radius 1 is 0.355 bits per heavy atom. The summed E-state index contributed by atoms with van der Waals surface area (Å²) in [7, 11) is 0. The maximum atomic E-state index is 6.88. The van der Waals surface area contributed by atoms with Crippen molar-refractivity contribution >= 4 is 76.1 Å². The monoisotopic (exact) mass is 790 g/mol. The molecule has 0 bridgehead atoms. The molecular weight excluding hydrogens is 757 g/mol. The highest BCUT2D eigenvalue weighted by molar-refractivity contribution is 6.24. The van der Waals surface area contributed by atoms with Crippen molar-refractivity contribution in [3.63, 3.8) is 0 Å². The van der Waals surface area contributed by atoms with Crippen LogP contribution in [0.5, 0.6) is 0 Å². The van der Waals surface area contributed by atoms with E-state index in [2.05, 4.69) is 174 Å². The summed E-state index contributed by atoms with van der Waals surface area (Å²) in [5, 5.41) is 11.7. The Labute approximate surface area is 355 Å². The van der Waals surface area contributed by atoms with E-state index < -0.39 is 0 Å². The van der Waals surface area contributed by atoms with Crippen molar-refractivity contribution in [2.75, 3.05) is 0 Å². The van der Waals surface area contributed by atoms with Gasteiger partial charge in [-0.1, -0.05) is 164 Å². The van der Waals surface area contributed by atoms with Gasteiger partial charge in [0, 0.05) is 43.4 Å². The Bertz CT molecular complexity index is 3920. The zero-order valence-electron chi connectivity index (χ0n) is 33.3. The summed E-state index contributed by atoms with van der Waals surface area (Å²) in [6.07, 6.45) is 0. The predicted octanol–water partition coefficient (Wildman–Crippen LogP) is 15.0. The van der Waals surface area contributed by atoms with E-state index in [9.17, 15) is 0 Å². The fraction of sp³-hybridized carbons (Fsp3) is 0. The van der Waals surface area contributed by atoms with Crippen LogP contribution in [0.15, 0.2) is 211 Å². The summed E-state index contributed by atoms with van der Waals surface area (Å²) in [6, 6.07) is 72.8. The SMILES string of the molecule is c1ccc(-c2cccc(-c3nc(-c4ccccc4)nc(-c4cccc5c4oc4ccc6c(-n7c8cc9ccccc9cc8c8ccc9ccccc9c87)cccc6c45)n3)c2)cc1. The van der Waals surface area contributed by atoms with Gasteiger partial charge in [-0.05, 0) is 75.1 Å². The summed E-state index contributed by atoms with van der Waals surface area (Å²) >= 11 is 0. The molecule has 13 aromatic rings. The summed E-state index contributed by atoms with van der Waals surface area (Å²) < 4.78 is 9.36. The number of aromatic nitrogens is 4. The minimum atomic E-state index is 0.554. The van der Waals surface area contributed by atoms with Gasteiger partial charge in [0.15, 0.2) is 17.5 Å². The highest BCUT2D eigenvalue weighted by Gasteiger charge is 2.22. The van der Waals surface area contributed by atoms with E-state index >= 15 is 0 Å². The van der Waals surface area contributed by atoms with Gasteiger partial charge in [0.05, 0.1) is 22.3 Å². The van der Waals surface area contributed by atoms with E-state index in [1.165, 1.54) is 43.4 Å². The number of rotatable bonds is 5. The number of fused-ring (bicyclic) bond motifs is 11. The highest BCUT2D eigenvalue weighted by Crippen LogP contribution is 2.44. The molecule has 13 rings (SSSR count). The van der Waals surface area contributed by atoms with Crippen molar-refractivity contribution in [2.24, 2.45) is 0 Å². The molecule has 0 radical (unpaired) electrons. The second-order valence-corrected chi connectivity index (χ2v) is 15.9. The summed E-state index contributed by atoms with van der Waals surface area (Å²) in [4.78, 5) is 15.4. The lowest BCUT2D eigenvalue weighted by molar-refractivity contribution is 0.670. The fourth-order valence-electron chi connectivity index (χ4n) is 9.53. The third-order valence-corrected chi connectivity index (χ3v) is 12.4. The smallest absolute Gasteiger partial charge is 0.167 e. The Balaban J connectivity index is 1.04. The van der Waals surface area contributed by atoms with Crippen molar-refractivity contribution in [3.05, 3.63) is 206 Å². The molecule has 10 aromatic carbocycles. The Morgan fingerprint density at radius 2 is 0.968 bits per heavy atom. The molecule has 5 nitrogen and oxygen atoms in total. The third kappa shape index (κ3) is 5.32. The largest absolute Gasteiger partial charge is 0.455 e. The van der Waals surface area contributed by atoms with Crippen LogP contribution >= 0.6 is 0 Å². The van der Waals surface area contributed by atoms with Gasteiger partial charge in [-0.25, -0.2) is 15.0 Å². The summed E-state index contributed by atoms with van der Waals surface area (Å²) in [5.41, 5.74) is 9.91. The molecule has 0 aliphatic carbocycles. The van der Waals surface area contributed by atoms with Gasteiger partial charge in [-0.3, -0.25) is 0 Å².